The number of alkyl halides is 2. The van der Waals surface area contributed by atoms with Gasteiger partial charge in [-0.25, -0.2) is 0 Å². The predicted molar refractivity (Wildman–Crippen MR) is 41.6 cm³/mol. The average molecular weight is 197 g/mol. The Hall–Kier alpha value is 1.52. The van der Waals surface area contributed by atoms with Crippen molar-refractivity contribution in [2.75, 3.05) is 11.2 Å². The maximum absolute atomic E-state index is 5.57. The Morgan fingerprint density at radius 1 is 1.29 bits per heavy atom. The fraction of sp³-hybridized carbons (Fsp3) is 1.00. The van der Waals surface area contributed by atoms with Gasteiger partial charge in [-0.2, -0.15) is 0 Å². The lowest BCUT2D eigenvalue weighted by Gasteiger charge is -2.01. The second kappa shape index (κ2) is 3.53. The van der Waals surface area contributed by atoms with Gasteiger partial charge >= 0.3 is 0 Å². The van der Waals surface area contributed by atoms with Gasteiger partial charge in [0.1, 0.15) is 0 Å². The fourth-order valence-electron chi connectivity index (χ4n) is 0.0319. The maximum Gasteiger partial charge on any atom is 0.0668 e. The molecule has 0 aromatic carbocycles. The Balaban J connectivity index is 3.61. The van der Waals surface area contributed by atoms with Gasteiger partial charge in [0.15, 0.2) is 0 Å². The van der Waals surface area contributed by atoms with Crippen LogP contribution < -0.4 is 0 Å². The molecule has 0 radical (unpaired) electrons. The largest absolute Gasteiger partial charge is 0.120 e. The highest BCUT2D eigenvalue weighted by atomic mass is 35.7. The third-order valence-corrected chi connectivity index (χ3v) is 6.60. The summed E-state index contributed by atoms with van der Waals surface area (Å²) in [5.41, 5.74) is 0.654. The van der Waals surface area contributed by atoms with Gasteiger partial charge in [-0.1, -0.05) is 23.0 Å². The Kier molecular flexibility index (Phi) is 4.29. The van der Waals surface area contributed by atoms with Gasteiger partial charge in [0.2, 0.25) is 0 Å². The molecule has 0 saturated heterocycles. The molecule has 0 heterocycles. The first-order valence-electron chi connectivity index (χ1n) is 1.52. The van der Waals surface area contributed by atoms with Crippen LogP contribution in [-0.4, -0.2) is 11.2 Å². The number of hydrogen-bond acceptors (Lipinski definition) is 1. The van der Waals surface area contributed by atoms with E-state index in [1.165, 1.54) is 0 Å². The third kappa shape index (κ3) is 4.05. The van der Waals surface area contributed by atoms with Crippen LogP contribution in [0.15, 0.2) is 0 Å². The standard InChI is InChI=1S/C2H4Cl3PS/c3-1-6(5,7)2-4/h1-2H2. The Morgan fingerprint density at radius 3 is 1.57 bits per heavy atom. The summed E-state index contributed by atoms with van der Waals surface area (Å²) in [6.45, 7) is 0. The van der Waals surface area contributed by atoms with Crippen molar-refractivity contribution in [1.82, 2.24) is 0 Å². The zero-order chi connectivity index (χ0) is 5.91. The molecular weight excluding hydrogens is 193 g/mol. The molecule has 7 heavy (non-hydrogen) atoms. The lowest BCUT2D eigenvalue weighted by Crippen LogP contribution is -1.70. The molecule has 0 atom stereocenters. The van der Waals surface area contributed by atoms with E-state index in [0.29, 0.717) is 11.2 Å². The summed E-state index contributed by atoms with van der Waals surface area (Å²) in [5, 5.41) is -1.82. The Labute approximate surface area is 62.9 Å². The highest BCUT2D eigenvalue weighted by Crippen LogP contribution is 2.52. The van der Waals surface area contributed by atoms with E-state index in [-0.39, 0.29) is 0 Å². The maximum atomic E-state index is 5.57. The monoisotopic (exact) mass is 196 g/mol. The van der Waals surface area contributed by atoms with E-state index in [2.05, 4.69) is 0 Å². The van der Waals surface area contributed by atoms with Gasteiger partial charge in [0.25, 0.3) is 0 Å². The summed E-state index contributed by atoms with van der Waals surface area (Å²) in [4.78, 5) is 0. The van der Waals surface area contributed by atoms with Crippen molar-refractivity contribution in [2.24, 2.45) is 0 Å². The van der Waals surface area contributed by atoms with Crippen LogP contribution in [0, 0.1) is 0 Å². The van der Waals surface area contributed by atoms with Crippen LogP contribution in [0.4, 0.5) is 0 Å². The highest BCUT2D eigenvalue weighted by molar-refractivity contribution is 8.28. The molecule has 5 heteroatoms. The molecule has 0 N–H and O–H groups in total. The molecule has 0 saturated carbocycles. The lowest BCUT2D eigenvalue weighted by molar-refractivity contribution is 2.05. The summed E-state index contributed by atoms with van der Waals surface area (Å²) >= 11 is 21.0. The van der Waals surface area contributed by atoms with Gasteiger partial charge in [0.05, 0.1) is 16.6 Å². The van der Waals surface area contributed by atoms with Gasteiger partial charge in [-0.3, -0.25) is 0 Å². The lowest BCUT2D eigenvalue weighted by atomic mass is 11.9. The van der Waals surface area contributed by atoms with Crippen LogP contribution in [-0.2, 0) is 11.8 Å². The normalized spacial score (nSPS) is 11.9. The van der Waals surface area contributed by atoms with E-state index >= 15 is 0 Å². The van der Waals surface area contributed by atoms with E-state index in [0.717, 1.165) is 0 Å². The second-order valence-corrected chi connectivity index (χ2v) is 9.16. The second-order valence-electron chi connectivity index (χ2n) is 1.03. The van der Waals surface area contributed by atoms with Gasteiger partial charge in [-0.05, 0) is 0 Å². The molecule has 0 rings (SSSR count). The minimum atomic E-state index is -1.82. The molecule has 0 unspecified atom stereocenters. The SMILES string of the molecule is S=P(Cl)(CCl)CCl. The molecule has 0 amide bonds. The van der Waals surface area contributed by atoms with Crippen LogP contribution >= 0.6 is 39.8 Å². The predicted octanol–water partition coefficient (Wildman–Crippen LogP) is 3.01. The van der Waals surface area contributed by atoms with Gasteiger partial charge in [0, 0.05) is 0 Å². The van der Waals surface area contributed by atoms with Crippen LogP contribution in [0.3, 0.4) is 0 Å². The van der Waals surface area contributed by atoms with Crippen molar-refractivity contribution in [3.63, 3.8) is 0 Å². The van der Waals surface area contributed by atoms with Crippen molar-refractivity contribution in [1.29, 1.82) is 0 Å². The van der Waals surface area contributed by atoms with Crippen molar-refractivity contribution in [3.8, 4) is 0 Å². The molecule has 0 aliphatic rings. The molecule has 0 bridgehead atoms. The first-order chi connectivity index (χ1) is 3.12. The van der Waals surface area contributed by atoms with E-state index in [4.69, 9.17) is 46.2 Å². The summed E-state index contributed by atoms with van der Waals surface area (Å²) in [5.74, 6) is 0. The summed E-state index contributed by atoms with van der Waals surface area (Å²) in [7, 11) is 0. The molecule has 0 aliphatic carbocycles. The van der Waals surface area contributed by atoms with Crippen LogP contribution in [0.2, 0.25) is 0 Å². The molecule has 0 aliphatic heterocycles. The molecule has 44 valence electrons. The highest BCUT2D eigenvalue weighted by Gasteiger charge is 2.07. The molecule has 0 spiro atoms. The van der Waals surface area contributed by atoms with Gasteiger partial charge < -0.3 is 0 Å². The quantitative estimate of drug-likeness (QED) is 0.484. The topological polar surface area (TPSA) is 0 Å². The Bertz CT molecular complexity index is 84.9. The third-order valence-electron chi connectivity index (χ3n) is 0.357. The van der Waals surface area contributed by atoms with Crippen molar-refractivity contribution >= 4 is 51.6 Å². The summed E-state index contributed by atoms with van der Waals surface area (Å²) in [6, 6.07) is 0. The van der Waals surface area contributed by atoms with Crippen molar-refractivity contribution in [2.45, 2.75) is 0 Å². The van der Waals surface area contributed by atoms with E-state index in [1.807, 2.05) is 0 Å². The van der Waals surface area contributed by atoms with E-state index in [9.17, 15) is 0 Å². The number of rotatable bonds is 2. The number of halogens is 3. The van der Waals surface area contributed by atoms with Crippen molar-refractivity contribution < 1.29 is 0 Å². The smallest absolute Gasteiger partial charge is 0.0668 e. The summed E-state index contributed by atoms with van der Waals surface area (Å²) < 4.78 is 0. The van der Waals surface area contributed by atoms with Crippen LogP contribution in [0.25, 0.3) is 0 Å². The zero-order valence-corrected chi connectivity index (χ0v) is 7.38. The molecular formula is C2H4Cl3PS. The fourth-order valence-corrected chi connectivity index (χ4v) is 0.862. The zero-order valence-electron chi connectivity index (χ0n) is 3.40. The van der Waals surface area contributed by atoms with E-state index < -0.39 is 5.39 Å². The molecule has 0 nitrogen and oxygen atoms in total. The van der Waals surface area contributed by atoms with Gasteiger partial charge in [-0.15, -0.1) is 23.2 Å². The van der Waals surface area contributed by atoms with E-state index in [1.54, 1.807) is 0 Å². The Morgan fingerprint density at radius 2 is 1.57 bits per heavy atom. The van der Waals surface area contributed by atoms with Crippen LogP contribution in [0.1, 0.15) is 0 Å². The van der Waals surface area contributed by atoms with Crippen molar-refractivity contribution in [3.05, 3.63) is 0 Å². The minimum Gasteiger partial charge on any atom is -0.120 e. The number of hydrogen-bond donors (Lipinski definition) is 0. The average Bonchev–Trinajstić information content (AvgIpc) is 1.68. The first kappa shape index (κ1) is 8.52. The molecule has 0 fully saturated rings. The molecule has 0 aromatic rings. The summed E-state index contributed by atoms with van der Waals surface area (Å²) in [6.07, 6.45) is 0. The molecule has 0 aromatic heterocycles. The minimum absolute atomic E-state index is 0.327. The van der Waals surface area contributed by atoms with Crippen LogP contribution in [0.5, 0.6) is 0 Å². The first-order valence-corrected chi connectivity index (χ1v) is 6.67.